The molecule has 128 valence electrons. The lowest BCUT2D eigenvalue weighted by Crippen LogP contribution is -1.66. The Labute approximate surface area is 153 Å². The number of hydrogen-bond acceptors (Lipinski definition) is 0. The topological polar surface area (TPSA) is 0 Å². The lowest BCUT2D eigenvalue weighted by Gasteiger charge is -1.79. The van der Waals surface area contributed by atoms with Crippen LogP contribution in [0.3, 0.4) is 0 Å². The molecule has 0 spiro atoms. The minimum atomic E-state index is 0. The molecule has 0 aromatic heterocycles. The molecule has 1 aliphatic rings. The molecule has 0 saturated heterocycles. The SMILES string of the molecule is C.C1CCCC1.CC(C)C.CC(C)C.I.c1ccccc1. The van der Waals surface area contributed by atoms with E-state index in [9.17, 15) is 0 Å². The molecule has 0 bridgehead atoms. The molecule has 0 amide bonds. The van der Waals surface area contributed by atoms with Crippen LogP contribution in [0.15, 0.2) is 36.4 Å². The Balaban J connectivity index is -0.0000000906. The average molecular weight is 408 g/mol. The third-order valence-electron chi connectivity index (χ3n) is 1.92. The first kappa shape index (κ1) is 29.0. The highest BCUT2D eigenvalue weighted by Gasteiger charge is 1.95. The predicted octanol–water partition coefficient (Wildman–Crippen LogP) is 8.22. The Bertz CT molecular complexity index is 179. The quantitative estimate of drug-likeness (QED) is 0.379. The lowest BCUT2D eigenvalue weighted by molar-refractivity contribution is 0.736. The molecule has 0 aliphatic heterocycles. The van der Waals surface area contributed by atoms with E-state index in [1.165, 1.54) is 32.1 Å². The monoisotopic (exact) mass is 408 g/mol. The maximum Gasteiger partial charge on any atom is -0.0500 e. The van der Waals surface area contributed by atoms with Gasteiger partial charge >= 0.3 is 0 Å². The second-order valence-electron chi connectivity index (χ2n) is 6.39. The first-order chi connectivity index (χ1) is 8.96. The van der Waals surface area contributed by atoms with Crippen LogP contribution in [0.2, 0.25) is 0 Å². The van der Waals surface area contributed by atoms with Crippen LogP contribution in [-0.2, 0) is 0 Å². The van der Waals surface area contributed by atoms with Crippen LogP contribution in [0.5, 0.6) is 0 Å². The summed E-state index contributed by atoms with van der Waals surface area (Å²) in [5.41, 5.74) is 0. The van der Waals surface area contributed by atoms with Crippen LogP contribution in [0.4, 0.5) is 0 Å². The van der Waals surface area contributed by atoms with Crippen LogP contribution >= 0.6 is 24.0 Å². The van der Waals surface area contributed by atoms with Crippen LogP contribution in [0, 0.1) is 11.8 Å². The molecule has 0 heterocycles. The fraction of sp³-hybridized carbons (Fsp3) is 0.700. The number of halogens is 1. The van der Waals surface area contributed by atoms with E-state index in [1.807, 2.05) is 36.4 Å². The van der Waals surface area contributed by atoms with Crippen molar-refractivity contribution in [2.45, 2.75) is 81.1 Å². The van der Waals surface area contributed by atoms with Crippen molar-refractivity contribution < 1.29 is 0 Å². The minimum Gasteiger partial charge on any atom is -0.107 e. The Hall–Kier alpha value is -0.0500. The van der Waals surface area contributed by atoms with E-state index in [1.54, 1.807) is 0 Å². The second kappa shape index (κ2) is 24.9. The molecular formula is C20H41I. The summed E-state index contributed by atoms with van der Waals surface area (Å²) in [5, 5.41) is 0. The molecule has 0 unspecified atom stereocenters. The summed E-state index contributed by atoms with van der Waals surface area (Å²) in [6.45, 7) is 13.0. The second-order valence-corrected chi connectivity index (χ2v) is 6.39. The van der Waals surface area contributed by atoms with Crippen molar-refractivity contribution in [2.75, 3.05) is 0 Å². The van der Waals surface area contributed by atoms with Gasteiger partial charge in [-0.1, -0.05) is 117 Å². The number of hydrogen-bond donors (Lipinski definition) is 0. The van der Waals surface area contributed by atoms with Gasteiger partial charge in [0, 0.05) is 0 Å². The first-order valence-electron chi connectivity index (χ1n) is 7.96. The van der Waals surface area contributed by atoms with Gasteiger partial charge in [0.2, 0.25) is 0 Å². The van der Waals surface area contributed by atoms with Gasteiger partial charge in [-0.15, -0.1) is 24.0 Å². The van der Waals surface area contributed by atoms with Gasteiger partial charge in [-0.25, -0.2) is 0 Å². The fourth-order valence-corrected chi connectivity index (χ4v) is 1.27. The third-order valence-corrected chi connectivity index (χ3v) is 1.92. The van der Waals surface area contributed by atoms with Crippen molar-refractivity contribution in [1.29, 1.82) is 0 Å². The zero-order valence-electron chi connectivity index (χ0n) is 14.6. The van der Waals surface area contributed by atoms with Crippen LogP contribution in [0.25, 0.3) is 0 Å². The summed E-state index contributed by atoms with van der Waals surface area (Å²) >= 11 is 0. The van der Waals surface area contributed by atoms with Gasteiger partial charge in [0.05, 0.1) is 0 Å². The molecule has 0 atom stereocenters. The van der Waals surface area contributed by atoms with E-state index in [2.05, 4.69) is 41.5 Å². The van der Waals surface area contributed by atoms with Crippen molar-refractivity contribution in [3.63, 3.8) is 0 Å². The van der Waals surface area contributed by atoms with Crippen LogP contribution < -0.4 is 0 Å². The molecule has 1 aromatic rings. The van der Waals surface area contributed by atoms with E-state index < -0.39 is 0 Å². The molecule has 0 N–H and O–H groups in total. The summed E-state index contributed by atoms with van der Waals surface area (Å²) in [6.07, 6.45) is 7.50. The van der Waals surface area contributed by atoms with E-state index in [0.29, 0.717) is 0 Å². The Morgan fingerprint density at radius 2 is 0.571 bits per heavy atom. The van der Waals surface area contributed by atoms with Gasteiger partial charge in [0.15, 0.2) is 0 Å². The van der Waals surface area contributed by atoms with Crippen molar-refractivity contribution in [1.82, 2.24) is 0 Å². The summed E-state index contributed by atoms with van der Waals surface area (Å²) in [7, 11) is 0. The fourth-order valence-electron chi connectivity index (χ4n) is 1.27. The van der Waals surface area contributed by atoms with E-state index in [-0.39, 0.29) is 31.4 Å². The smallest absolute Gasteiger partial charge is 0.0500 e. The van der Waals surface area contributed by atoms with Gasteiger partial charge in [-0.05, 0) is 11.8 Å². The van der Waals surface area contributed by atoms with Crippen molar-refractivity contribution in [3.8, 4) is 0 Å². The average Bonchev–Trinajstić information content (AvgIpc) is 2.88. The zero-order valence-corrected chi connectivity index (χ0v) is 16.9. The molecule has 1 saturated carbocycles. The predicted molar refractivity (Wildman–Crippen MR) is 113 cm³/mol. The van der Waals surface area contributed by atoms with Crippen molar-refractivity contribution >= 4 is 24.0 Å². The number of rotatable bonds is 0. The maximum atomic E-state index is 2.17. The first-order valence-corrected chi connectivity index (χ1v) is 7.96. The Morgan fingerprint density at radius 1 is 0.476 bits per heavy atom. The molecule has 21 heavy (non-hydrogen) atoms. The normalized spacial score (nSPS) is 11.4. The molecule has 1 aliphatic carbocycles. The molecule has 0 nitrogen and oxygen atoms in total. The molecule has 1 fully saturated rings. The summed E-state index contributed by atoms with van der Waals surface area (Å²) in [5.74, 6) is 1.67. The Kier molecular flexibility index (Phi) is 34.5. The molecule has 1 aromatic carbocycles. The zero-order chi connectivity index (χ0) is 14.9. The molecule has 1 heteroatoms. The van der Waals surface area contributed by atoms with Crippen LogP contribution in [0.1, 0.15) is 81.1 Å². The van der Waals surface area contributed by atoms with E-state index >= 15 is 0 Å². The maximum absolute atomic E-state index is 2.17. The lowest BCUT2D eigenvalue weighted by atomic mass is 10.3. The molecular weight excluding hydrogens is 367 g/mol. The molecule has 0 radical (unpaired) electrons. The Morgan fingerprint density at radius 3 is 0.667 bits per heavy atom. The van der Waals surface area contributed by atoms with Gasteiger partial charge in [0.1, 0.15) is 0 Å². The van der Waals surface area contributed by atoms with E-state index in [0.717, 1.165) is 11.8 Å². The largest absolute Gasteiger partial charge is 0.107 e. The van der Waals surface area contributed by atoms with Crippen molar-refractivity contribution in [3.05, 3.63) is 36.4 Å². The summed E-state index contributed by atoms with van der Waals surface area (Å²) in [4.78, 5) is 0. The highest BCUT2D eigenvalue weighted by Crippen LogP contribution is 2.15. The third kappa shape index (κ3) is 53.6. The highest BCUT2D eigenvalue weighted by atomic mass is 127. The standard InChI is InChI=1S/C6H6.C5H10.2C4H10.CH4.HI/c1-2-4-6-5-3-1;1-2-4-5-3-1;2*1-4(2)3;;/h1-6H;1-5H2;2*4H,1-3H3;1H4;1H. The van der Waals surface area contributed by atoms with Crippen LogP contribution in [-0.4, -0.2) is 0 Å². The van der Waals surface area contributed by atoms with Crippen molar-refractivity contribution in [2.24, 2.45) is 11.8 Å². The van der Waals surface area contributed by atoms with Gasteiger partial charge in [-0.3, -0.25) is 0 Å². The number of benzene rings is 1. The van der Waals surface area contributed by atoms with E-state index in [4.69, 9.17) is 0 Å². The summed E-state index contributed by atoms with van der Waals surface area (Å²) < 4.78 is 0. The van der Waals surface area contributed by atoms with Gasteiger partial charge in [0.25, 0.3) is 0 Å². The van der Waals surface area contributed by atoms with Gasteiger partial charge < -0.3 is 0 Å². The minimum absolute atomic E-state index is 0. The van der Waals surface area contributed by atoms with Gasteiger partial charge in [-0.2, -0.15) is 0 Å². The summed E-state index contributed by atoms with van der Waals surface area (Å²) in [6, 6.07) is 12.0. The molecule has 2 rings (SSSR count). The highest BCUT2D eigenvalue weighted by molar-refractivity contribution is 14.0.